The number of carbonyl (C=O) groups is 2. The lowest BCUT2D eigenvalue weighted by atomic mass is 9.94. The highest BCUT2D eigenvalue weighted by Crippen LogP contribution is 2.29. The van der Waals surface area contributed by atoms with Crippen molar-refractivity contribution in [1.82, 2.24) is 10.2 Å². The van der Waals surface area contributed by atoms with Gasteiger partial charge in [0.05, 0.1) is 5.75 Å². The zero-order valence-corrected chi connectivity index (χ0v) is 24.1. The Kier molecular flexibility index (Phi) is 11.1. The monoisotopic (exact) mass is 586 g/mol. The van der Waals surface area contributed by atoms with Crippen LogP contribution in [0.5, 0.6) is 0 Å². The molecule has 2 amide bonds. The van der Waals surface area contributed by atoms with Gasteiger partial charge in [-0.25, -0.2) is 4.39 Å². The first-order valence-corrected chi connectivity index (χ1v) is 15.2. The number of carbonyl (C=O) groups excluding carboxylic acids is 2. The van der Waals surface area contributed by atoms with Crippen LogP contribution in [0.25, 0.3) is 0 Å². The second-order valence-corrected chi connectivity index (χ2v) is 11.7. The summed E-state index contributed by atoms with van der Waals surface area (Å²) in [6.07, 6.45) is 5.52. The summed E-state index contributed by atoms with van der Waals surface area (Å²) in [5.74, 6) is -0.314. The second kappa shape index (κ2) is 14.7. The summed E-state index contributed by atoms with van der Waals surface area (Å²) in [5.41, 5.74) is 2.06. The number of amides is 2. The molecule has 0 saturated heterocycles. The van der Waals surface area contributed by atoms with E-state index in [0.29, 0.717) is 27.8 Å². The molecule has 1 N–H and O–H groups in total. The second-order valence-electron chi connectivity index (χ2n) is 9.86. The Morgan fingerprint density at radius 2 is 1.59 bits per heavy atom. The molecule has 1 aliphatic carbocycles. The zero-order valence-electron chi connectivity index (χ0n) is 21.8. The minimum Gasteiger partial charge on any atom is -0.352 e. The Bertz CT molecular complexity index is 1230. The van der Waals surface area contributed by atoms with Gasteiger partial charge in [-0.2, -0.15) is 0 Å². The van der Waals surface area contributed by atoms with Crippen molar-refractivity contribution in [2.75, 3.05) is 5.75 Å². The van der Waals surface area contributed by atoms with E-state index in [4.69, 9.17) is 23.2 Å². The number of nitrogens with zero attached hydrogens (tertiary/aromatic N) is 1. The van der Waals surface area contributed by atoms with Crippen molar-refractivity contribution in [3.63, 3.8) is 0 Å². The molecule has 0 unspecified atom stereocenters. The molecule has 8 heteroatoms. The van der Waals surface area contributed by atoms with E-state index in [2.05, 4.69) is 5.32 Å². The van der Waals surface area contributed by atoms with Crippen LogP contribution in [0.3, 0.4) is 0 Å². The summed E-state index contributed by atoms with van der Waals surface area (Å²) in [6, 6.07) is 20.6. The van der Waals surface area contributed by atoms with Crippen LogP contribution in [0.1, 0.15) is 48.8 Å². The molecule has 1 saturated carbocycles. The lowest BCUT2D eigenvalue weighted by Crippen LogP contribution is -2.53. The number of nitrogens with one attached hydrogen (secondary N) is 1. The minimum atomic E-state index is -0.786. The zero-order chi connectivity index (χ0) is 27.6. The van der Waals surface area contributed by atoms with Crippen LogP contribution in [0, 0.1) is 5.82 Å². The Hall–Kier alpha value is -2.54. The molecular formula is C31H33Cl2FN2O2S. The van der Waals surface area contributed by atoms with Gasteiger partial charge >= 0.3 is 0 Å². The van der Waals surface area contributed by atoms with E-state index in [-0.39, 0.29) is 30.2 Å². The van der Waals surface area contributed by atoms with Gasteiger partial charge in [0.1, 0.15) is 11.9 Å². The Labute approximate surface area is 244 Å². The highest BCUT2D eigenvalue weighted by molar-refractivity contribution is 7.99. The Morgan fingerprint density at radius 1 is 0.923 bits per heavy atom. The van der Waals surface area contributed by atoms with E-state index in [9.17, 15) is 14.0 Å². The highest BCUT2D eigenvalue weighted by Gasteiger charge is 2.32. The predicted molar refractivity (Wildman–Crippen MR) is 159 cm³/mol. The number of halogens is 3. The van der Waals surface area contributed by atoms with Gasteiger partial charge in [-0.3, -0.25) is 9.59 Å². The van der Waals surface area contributed by atoms with Gasteiger partial charge in [0.2, 0.25) is 11.8 Å². The Balaban J connectivity index is 1.59. The molecule has 0 aromatic heterocycles. The molecule has 1 aliphatic rings. The average molecular weight is 588 g/mol. The predicted octanol–water partition coefficient (Wildman–Crippen LogP) is 7.45. The number of benzene rings is 3. The van der Waals surface area contributed by atoms with Gasteiger partial charge in [-0.05, 0) is 42.2 Å². The quantitative estimate of drug-likeness (QED) is 0.254. The van der Waals surface area contributed by atoms with Crippen molar-refractivity contribution in [2.24, 2.45) is 0 Å². The first kappa shape index (κ1) is 29.4. The van der Waals surface area contributed by atoms with Gasteiger partial charge in [0, 0.05) is 40.4 Å². The molecule has 0 aliphatic heterocycles. The molecule has 3 aromatic rings. The average Bonchev–Trinajstić information content (AvgIpc) is 2.94. The maximum atomic E-state index is 14.8. The summed E-state index contributed by atoms with van der Waals surface area (Å²) in [4.78, 5) is 29.1. The van der Waals surface area contributed by atoms with Crippen LogP contribution in [0.4, 0.5) is 4.39 Å². The van der Waals surface area contributed by atoms with Crippen LogP contribution in [0.15, 0.2) is 72.8 Å². The van der Waals surface area contributed by atoms with Crippen molar-refractivity contribution in [3.05, 3.63) is 105 Å². The van der Waals surface area contributed by atoms with E-state index >= 15 is 0 Å². The largest absolute Gasteiger partial charge is 0.352 e. The number of hydrogen-bond donors (Lipinski definition) is 1. The topological polar surface area (TPSA) is 49.4 Å². The van der Waals surface area contributed by atoms with Crippen LogP contribution in [-0.4, -0.2) is 34.6 Å². The summed E-state index contributed by atoms with van der Waals surface area (Å²) in [7, 11) is 0. The first-order chi connectivity index (χ1) is 18.9. The number of hydrogen-bond acceptors (Lipinski definition) is 3. The van der Waals surface area contributed by atoms with E-state index < -0.39 is 11.9 Å². The number of rotatable bonds is 11. The third-order valence-electron chi connectivity index (χ3n) is 7.05. The molecule has 0 heterocycles. The smallest absolute Gasteiger partial charge is 0.243 e. The fourth-order valence-electron chi connectivity index (χ4n) is 4.90. The summed E-state index contributed by atoms with van der Waals surface area (Å²) < 4.78 is 14.8. The third kappa shape index (κ3) is 8.47. The maximum Gasteiger partial charge on any atom is 0.243 e. The van der Waals surface area contributed by atoms with Gasteiger partial charge < -0.3 is 10.2 Å². The van der Waals surface area contributed by atoms with Crippen molar-refractivity contribution in [3.8, 4) is 0 Å². The molecule has 0 spiro atoms. The SMILES string of the molecule is O=C(NC1CCCCC1)[C@@H](Cc1ccccc1)N(Cc1ccccc1F)C(=O)CSCc1c(Cl)cccc1Cl. The summed E-state index contributed by atoms with van der Waals surface area (Å²) in [5, 5.41) is 4.29. The van der Waals surface area contributed by atoms with Crippen molar-refractivity contribution >= 4 is 46.8 Å². The van der Waals surface area contributed by atoms with Crippen molar-refractivity contribution in [2.45, 2.75) is 62.9 Å². The fourth-order valence-corrected chi connectivity index (χ4v) is 6.55. The molecule has 1 atom stereocenters. The summed E-state index contributed by atoms with van der Waals surface area (Å²) >= 11 is 14.0. The molecule has 4 rings (SSSR count). The van der Waals surface area contributed by atoms with E-state index in [1.54, 1.807) is 36.4 Å². The normalized spacial score (nSPS) is 14.5. The molecule has 39 heavy (non-hydrogen) atoms. The minimum absolute atomic E-state index is 0.00545. The maximum absolute atomic E-state index is 14.8. The van der Waals surface area contributed by atoms with Gasteiger partial charge in [0.25, 0.3) is 0 Å². The van der Waals surface area contributed by atoms with Crippen LogP contribution in [-0.2, 0) is 28.3 Å². The van der Waals surface area contributed by atoms with Crippen molar-refractivity contribution < 1.29 is 14.0 Å². The van der Waals surface area contributed by atoms with Gasteiger partial charge in [-0.1, -0.05) is 97.1 Å². The van der Waals surface area contributed by atoms with E-state index in [0.717, 1.165) is 36.8 Å². The standard InChI is InChI=1S/C31H33Cl2FN2O2S/c32-26-15-9-16-27(33)25(26)20-39-21-30(37)36(19-23-12-7-8-17-28(23)34)29(18-22-10-3-1-4-11-22)31(38)35-24-13-5-2-6-14-24/h1,3-4,7-12,15-17,24,29H,2,5-6,13-14,18-21H2,(H,35,38)/t29-/m1/s1. The van der Waals surface area contributed by atoms with E-state index in [1.807, 2.05) is 30.3 Å². The fraction of sp³-hybridized carbons (Fsp3) is 0.355. The third-order valence-corrected chi connectivity index (χ3v) is 8.71. The molecule has 0 bridgehead atoms. The molecule has 3 aromatic carbocycles. The van der Waals surface area contributed by atoms with E-state index in [1.165, 1.54) is 29.1 Å². The van der Waals surface area contributed by atoms with Gasteiger partial charge in [-0.15, -0.1) is 11.8 Å². The van der Waals surface area contributed by atoms with Crippen LogP contribution in [0.2, 0.25) is 10.0 Å². The number of thioether (sulfide) groups is 1. The van der Waals surface area contributed by atoms with Crippen LogP contribution < -0.4 is 5.32 Å². The lowest BCUT2D eigenvalue weighted by molar-refractivity contribution is -0.139. The molecule has 206 valence electrons. The van der Waals surface area contributed by atoms with Crippen LogP contribution >= 0.6 is 35.0 Å². The molecule has 1 fully saturated rings. The summed E-state index contributed by atoms with van der Waals surface area (Å²) in [6.45, 7) is -0.00545. The first-order valence-electron chi connectivity index (χ1n) is 13.3. The molecule has 0 radical (unpaired) electrons. The van der Waals surface area contributed by atoms with Crippen molar-refractivity contribution in [1.29, 1.82) is 0 Å². The Morgan fingerprint density at radius 3 is 2.28 bits per heavy atom. The van der Waals surface area contributed by atoms with Gasteiger partial charge in [0.15, 0.2) is 0 Å². The molecular weight excluding hydrogens is 554 g/mol. The molecule has 4 nitrogen and oxygen atoms in total. The lowest BCUT2D eigenvalue weighted by Gasteiger charge is -2.33. The highest BCUT2D eigenvalue weighted by atomic mass is 35.5.